The zero-order chi connectivity index (χ0) is 30.4. The van der Waals surface area contributed by atoms with Crippen LogP contribution in [-0.4, -0.2) is 68.4 Å². The van der Waals surface area contributed by atoms with Crippen LogP contribution in [0.4, 0.5) is 27.6 Å². The second-order valence-electron chi connectivity index (χ2n) is 10.7. The summed E-state index contributed by atoms with van der Waals surface area (Å²) in [4.78, 5) is 12.9. The SMILES string of the molecule is Cc1ccc(S(=O)(=O)N2c3ccc(C(O)(C(C)(F)F)C(F)(F)F)cc3CCC2CC(=O)NC2CNCC2CO)cc1. The zero-order valence-corrected chi connectivity index (χ0v) is 23.2. The molecule has 14 heteroatoms. The number of anilines is 1. The molecule has 1 amide bonds. The summed E-state index contributed by atoms with van der Waals surface area (Å²) in [5.74, 6) is -5.31. The van der Waals surface area contributed by atoms with E-state index in [2.05, 4.69) is 10.6 Å². The Morgan fingerprint density at radius 2 is 1.76 bits per heavy atom. The lowest BCUT2D eigenvalue weighted by molar-refractivity contribution is -0.335. The highest BCUT2D eigenvalue weighted by Gasteiger charge is 2.67. The molecular formula is C27H32F5N3O5S. The molecule has 2 aromatic carbocycles. The number of rotatable bonds is 8. The van der Waals surface area contributed by atoms with Crippen molar-refractivity contribution < 1.29 is 45.4 Å². The first-order chi connectivity index (χ1) is 19.0. The van der Waals surface area contributed by atoms with Crippen molar-refractivity contribution in [1.82, 2.24) is 10.6 Å². The molecule has 1 saturated heterocycles. The van der Waals surface area contributed by atoms with Crippen LogP contribution in [0.15, 0.2) is 47.4 Å². The molecule has 2 aliphatic rings. The molecule has 0 aromatic heterocycles. The molecule has 4 N–H and O–H groups in total. The van der Waals surface area contributed by atoms with Gasteiger partial charge in [-0.1, -0.05) is 29.8 Å². The molecule has 0 bridgehead atoms. The number of nitrogens with zero attached hydrogens (tertiary/aromatic N) is 1. The lowest BCUT2D eigenvalue weighted by Crippen LogP contribution is -2.54. The summed E-state index contributed by atoms with van der Waals surface area (Å²) >= 11 is 0. The van der Waals surface area contributed by atoms with Crippen LogP contribution in [0, 0.1) is 12.8 Å². The highest BCUT2D eigenvalue weighted by molar-refractivity contribution is 7.92. The van der Waals surface area contributed by atoms with E-state index in [4.69, 9.17) is 0 Å². The van der Waals surface area contributed by atoms with Crippen molar-refractivity contribution in [1.29, 1.82) is 0 Å². The Hall–Kier alpha value is -2.81. The van der Waals surface area contributed by atoms with Gasteiger partial charge in [-0.15, -0.1) is 0 Å². The fraction of sp³-hybridized carbons (Fsp3) is 0.519. The van der Waals surface area contributed by atoms with Crippen molar-refractivity contribution in [2.75, 3.05) is 24.0 Å². The minimum atomic E-state index is -5.73. The first kappa shape index (κ1) is 31.1. The van der Waals surface area contributed by atoms with Gasteiger partial charge in [0.15, 0.2) is 0 Å². The van der Waals surface area contributed by atoms with Crippen molar-refractivity contribution in [3.05, 3.63) is 59.2 Å². The maximum Gasteiger partial charge on any atom is 0.427 e. The number of benzene rings is 2. The Balaban J connectivity index is 1.76. The molecule has 1 fully saturated rings. The molecule has 2 heterocycles. The van der Waals surface area contributed by atoms with Gasteiger partial charge in [0, 0.05) is 45.0 Å². The van der Waals surface area contributed by atoms with Crippen molar-refractivity contribution in [2.24, 2.45) is 5.92 Å². The fourth-order valence-electron chi connectivity index (χ4n) is 5.44. The third-order valence-corrected chi connectivity index (χ3v) is 9.66. The van der Waals surface area contributed by atoms with E-state index in [1.165, 1.54) is 12.1 Å². The standard InChI is InChI=1S/C27H32F5N3O5S/c1-16-3-8-21(9-4-16)41(39,40)35-20(12-24(37)34-22-14-33-13-18(22)15-36)7-5-17-11-19(6-10-23(17)35)26(38,25(2,28)29)27(30,31)32/h3-4,6,8-11,18,20,22,33,36,38H,5,7,12-15H2,1-2H3,(H,34,37). The van der Waals surface area contributed by atoms with Crippen LogP contribution < -0.4 is 14.9 Å². The van der Waals surface area contributed by atoms with E-state index in [1.807, 2.05) is 0 Å². The number of aryl methyl sites for hydroxylation is 2. The number of fused-ring (bicyclic) bond motifs is 1. The topological polar surface area (TPSA) is 119 Å². The largest absolute Gasteiger partial charge is 0.427 e. The summed E-state index contributed by atoms with van der Waals surface area (Å²) in [6.45, 7) is 2.47. The summed E-state index contributed by atoms with van der Waals surface area (Å²) in [5, 5.41) is 25.7. The van der Waals surface area contributed by atoms with Crippen LogP contribution in [0.25, 0.3) is 0 Å². The maximum absolute atomic E-state index is 14.2. The number of nitrogens with one attached hydrogen (secondary N) is 2. The summed E-state index contributed by atoms with van der Waals surface area (Å²) in [7, 11) is -4.37. The highest BCUT2D eigenvalue weighted by Crippen LogP contribution is 2.50. The first-order valence-corrected chi connectivity index (χ1v) is 14.5. The van der Waals surface area contributed by atoms with Gasteiger partial charge in [0.1, 0.15) is 0 Å². The number of aliphatic hydroxyl groups is 2. The summed E-state index contributed by atoms with van der Waals surface area (Å²) in [6, 6.07) is 6.89. The van der Waals surface area contributed by atoms with Crippen LogP contribution in [0.2, 0.25) is 0 Å². The predicted molar refractivity (Wildman–Crippen MR) is 140 cm³/mol. The average Bonchev–Trinajstić information content (AvgIpc) is 3.33. The average molecular weight is 606 g/mol. The van der Waals surface area contributed by atoms with Gasteiger partial charge in [0.05, 0.1) is 16.6 Å². The monoisotopic (exact) mass is 605 g/mol. The van der Waals surface area contributed by atoms with E-state index in [0.717, 1.165) is 22.0 Å². The van der Waals surface area contributed by atoms with E-state index in [9.17, 15) is 45.4 Å². The minimum Gasteiger partial charge on any atom is -0.396 e. The molecule has 0 aliphatic carbocycles. The summed E-state index contributed by atoms with van der Waals surface area (Å²) < 4.78 is 98.4. The Labute approximate surface area is 234 Å². The Bertz CT molecular complexity index is 1370. The smallest absolute Gasteiger partial charge is 0.396 e. The van der Waals surface area contributed by atoms with E-state index < -0.39 is 45.2 Å². The van der Waals surface area contributed by atoms with Crippen molar-refractivity contribution >= 4 is 21.6 Å². The molecule has 2 aliphatic heterocycles. The van der Waals surface area contributed by atoms with Crippen molar-refractivity contribution in [3.8, 4) is 0 Å². The molecule has 4 unspecified atom stereocenters. The second-order valence-corrected chi connectivity index (χ2v) is 12.5. The molecule has 4 atom stereocenters. The number of alkyl halides is 5. The first-order valence-electron chi connectivity index (χ1n) is 13.0. The number of sulfonamides is 1. The normalized spacial score (nSPS) is 23.1. The quantitative estimate of drug-likeness (QED) is 0.344. The van der Waals surface area contributed by atoms with Gasteiger partial charge in [-0.25, -0.2) is 17.2 Å². The number of halogens is 5. The summed E-state index contributed by atoms with van der Waals surface area (Å²) in [6.07, 6.45) is -6.06. The summed E-state index contributed by atoms with van der Waals surface area (Å²) in [5.41, 5.74) is -4.92. The van der Waals surface area contributed by atoms with Crippen LogP contribution in [0.5, 0.6) is 0 Å². The number of hydrogen-bond acceptors (Lipinski definition) is 6. The maximum atomic E-state index is 14.2. The molecule has 2 aromatic rings. The Morgan fingerprint density at radius 3 is 2.34 bits per heavy atom. The van der Waals surface area contributed by atoms with Gasteiger partial charge in [-0.3, -0.25) is 9.10 Å². The Kier molecular flexibility index (Phi) is 8.44. The molecular weight excluding hydrogens is 573 g/mol. The third-order valence-electron chi connectivity index (χ3n) is 7.78. The second kappa shape index (κ2) is 11.1. The van der Waals surface area contributed by atoms with Gasteiger partial charge in [0.2, 0.25) is 11.5 Å². The van der Waals surface area contributed by atoms with Gasteiger partial charge in [0.25, 0.3) is 15.9 Å². The number of carbonyl (C=O) groups excluding carboxylic acids is 1. The zero-order valence-electron chi connectivity index (χ0n) is 22.4. The highest BCUT2D eigenvalue weighted by atomic mass is 32.2. The number of carbonyl (C=O) groups is 1. The van der Waals surface area contributed by atoms with E-state index in [0.29, 0.717) is 19.2 Å². The van der Waals surface area contributed by atoms with Crippen molar-refractivity contribution in [2.45, 2.75) is 67.8 Å². The van der Waals surface area contributed by atoms with Crippen LogP contribution in [-0.2, 0) is 26.8 Å². The van der Waals surface area contributed by atoms with Gasteiger partial charge in [-0.05, 0) is 49.1 Å². The number of aliphatic hydroxyl groups excluding tert-OH is 1. The van der Waals surface area contributed by atoms with Gasteiger partial charge < -0.3 is 20.8 Å². The lowest BCUT2D eigenvalue weighted by Gasteiger charge is -2.40. The van der Waals surface area contributed by atoms with Gasteiger partial charge in [-0.2, -0.15) is 13.2 Å². The number of hydrogen-bond donors (Lipinski definition) is 4. The van der Waals surface area contributed by atoms with Crippen LogP contribution in [0.1, 0.15) is 36.5 Å². The molecule has 0 spiro atoms. The third kappa shape index (κ3) is 5.79. The molecule has 0 saturated carbocycles. The molecule has 41 heavy (non-hydrogen) atoms. The Morgan fingerprint density at radius 1 is 1.10 bits per heavy atom. The van der Waals surface area contributed by atoms with E-state index in [1.54, 1.807) is 19.1 Å². The predicted octanol–water partition coefficient (Wildman–Crippen LogP) is 3.00. The van der Waals surface area contributed by atoms with Gasteiger partial charge >= 0.3 is 6.18 Å². The molecule has 0 radical (unpaired) electrons. The van der Waals surface area contributed by atoms with Crippen LogP contribution >= 0.6 is 0 Å². The molecule has 226 valence electrons. The fourth-order valence-corrected chi connectivity index (χ4v) is 7.15. The molecule has 8 nitrogen and oxygen atoms in total. The van der Waals surface area contributed by atoms with Crippen LogP contribution in [0.3, 0.4) is 0 Å². The number of amides is 1. The van der Waals surface area contributed by atoms with Crippen molar-refractivity contribution in [3.63, 3.8) is 0 Å². The van der Waals surface area contributed by atoms with E-state index in [-0.39, 0.29) is 60.9 Å². The molecule has 4 rings (SSSR count). The minimum absolute atomic E-state index is 0.00195. The lowest BCUT2D eigenvalue weighted by atomic mass is 9.84. The van der Waals surface area contributed by atoms with E-state index >= 15 is 0 Å².